The molecule has 0 unspecified atom stereocenters. The number of hydrogen-bond donors (Lipinski definition) is 0. The number of aromatic nitrogens is 2. The smallest absolute Gasteiger partial charge is 0.241 e. The molecule has 1 aromatic carbocycles. The minimum absolute atomic E-state index is 0.00342. The molecule has 4 rings (SSSR count). The number of ether oxygens (including phenoxy) is 2. The van der Waals surface area contributed by atoms with Gasteiger partial charge in [-0.1, -0.05) is 35.0 Å². The van der Waals surface area contributed by atoms with E-state index in [0.717, 1.165) is 44.7 Å². The first-order valence-corrected chi connectivity index (χ1v) is 8.63. The van der Waals surface area contributed by atoms with Gasteiger partial charge in [-0.3, -0.25) is 4.90 Å². The van der Waals surface area contributed by atoms with Gasteiger partial charge in [0, 0.05) is 11.5 Å². The third kappa shape index (κ3) is 3.50. The maximum Gasteiger partial charge on any atom is 0.241 e. The fourth-order valence-electron chi connectivity index (χ4n) is 3.36. The molecular weight excluding hydrogens is 306 g/mol. The molecule has 24 heavy (non-hydrogen) atoms. The Hall–Kier alpha value is -1.76. The van der Waals surface area contributed by atoms with Crippen LogP contribution < -0.4 is 0 Å². The van der Waals surface area contributed by atoms with Gasteiger partial charge in [0.2, 0.25) is 11.7 Å². The van der Waals surface area contributed by atoms with Crippen molar-refractivity contribution in [2.75, 3.05) is 26.3 Å². The van der Waals surface area contributed by atoms with Crippen LogP contribution in [0.3, 0.4) is 0 Å². The largest absolute Gasteiger partial charge is 0.350 e. The zero-order valence-electron chi connectivity index (χ0n) is 14.0. The van der Waals surface area contributed by atoms with Crippen LogP contribution in [0.1, 0.15) is 24.3 Å². The van der Waals surface area contributed by atoms with Crippen LogP contribution in [0, 0.1) is 12.8 Å². The van der Waals surface area contributed by atoms with E-state index in [4.69, 9.17) is 14.0 Å². The molecule has 128 valence electrons. The first kappa shape index (κ1) is 15.7. The first-order valence-electron chi connectivity index (χ1n) is 8.63. The van der Waals surface area contributed by atoms with Crippen molar-refractivity contribution in [1.82, 2.24) is 15.0 Å². The first-order chi connectivity index (χ1) is 11.8. The molecule has 0 spiro atoms. The van der Waals surface area contributed by atoms with Crippen LogP contribution in [0.2, 0.25) is 0 Å². The summed E-state index contributed by atoms with van der Waals surface area (Å²) in [4.78, 5) is 6.89. The molecular formula is C18H23N3O3. The van der Waals surface area contributed by atoms with E-state index in [2.05, 4.69) is 34.1 Å². The number of hydrogen-bond acceptors (Lipinski definition) is 6. The Bertz CT molecular complexity index is 656. The molecule has 1 aromatic heterocycles. The zero-order chi connectivity index (χ0) is 16.4. The van der Waals surface area contributed by atoms with Crippen molar-refractivity contribution in [3.05, 3.63) is 35.7 Å². The lowest BCUT2D eigenvalue weighted by Crippen LogP contribution is -2.37. The number of benzene rings is 1. The van der Waals surface area contributed by atoms with Gasteiger partial charge in [-0.05, 0) is 32.9 Å². The molecule has 0 aliphatic carbocycles. The predicted octanol–water partition coefficient (Wildman–Crippen LogP) is 2.63. The minimum Gasteiger partial charge on any atom is -0.350 e. The normalized spacial score (nSPS) is 20.7. The highest BCUT2D eigenvalue weighted by atomic mass is 16.7. The van der Waals surface area contributed by atoms with E-state index in [0.29, 0.717) is 24.2 Å². The number of aryl methyl sites for hydroxylation is 1. The fraction of sp³-hybridized carbons (Fsp3) is 0.556. The third-order valence-corrected chi connectivity index (χ3v) is 4.80. The van der Waals surface area contributed by atoms with E-state index in [1.54, 1.807) is 0 Å². The quantitative estimate of drug-likeness (QED) is 0.859. The van der Waals surface area contributed by atoms with E-state index >= 15 is 0 Å². The average molecular weight is 329 g/mol. The molecule has 6 nitrogen and oxygen atoms in total. The summed E-state index contributed by atoms with van der Waals surface area (Å²) >= 11 is 0. The Labute approximate surface area is 141 Å². The van der Waals surface area contributed by atoms with Crippen LogP contribution in [0.4, 0.5) is 0 Å². The van der Waals surface area contributed by atoms with Gasteiger partial charge in [0.25, 0.3) is 0 Å². The standard InChI is InChI=1S/C18H23N3O3/c1-13-2-4-14(5-3-13)17-19-16(24-20-17)12-21-8-6-15(7-9-21)18-22-10-11-23-18/h2-5,15,18H,6-12H2,1H3. The Morgan fingerprint density at radius 2 is 1.79 bits per heavy atom. The van der Waals surface area contributed by atoms with Crippen molar-refractivity contribution in [2.45, 2.75) is 32.6 Å². The summed E-state index contributed by atoms with van der Waals surface area (Å²) in [6, 6.07) is 8.17. The summed E-state index contributed by atoms with van der Waals surface area (Å²) in [6.07, 6.45) is 2.18. The molecule has 2 fully saturated rings. The van der Waals surface area contributed by atoms with Crippen LogP contribution in [0.15, 0.2) is 28.8 Å². The molecule has 2 aliphatic rings. The van der Waals surface area contributed by atoms with E-state index < -0.39 is 0 Å². The van der Waals surface area contributed by atoms with E-state index in [9.17, 15) is 0 Å². The Kier molecular flexibility index (Phi) is 4.60. The summed E-state index contributed by atoms with van der Waals surface area (Å²) in [7, 11) is 0. The second-order valence-electron chi connectivity index (χ2n) is 6.60. The van der Waals surface area contributed by atoms with E-state index in [-0.39, 0.29) is 6.29 Å². The fourth-order valence-corrected chi connectivity index (χ4v) is 3.36. The second-order valence-corrected chi connectivity index (χ2v) is 6.60. The van der Waals surface area contributed by atoms with E-state index in [1.165, 1.54) is 5.56 Å². The summed E-state index contributed by atoms with van der Waals surface area (Å²) in [6.45, 7) is 6.25. The topological polar surface area (TPSA) is 60.6 Å². The maximum atomic E-state index is 5.63. The molecule has 2 saturated heterocycles. The van der Waals surface area contributed by atoms with Gasteiger partial charge in [0.15, 0.2) is 6.29 Å². The van der Waals surface area contributed by atoms with Crippen molar-refractivity contribution in [1.29, 1.82) is 0 Å². The highest BCUT2D eigenvalue weighted by Gasteiger charge is 2.30. The van der Waals surface area contributed by atoms with Gasteiger partial charge in [0.05, 0.1) is 19.8 Å². The van der Waals surface area contributed by atoms with Crippen LogP contribution in [-0.2, 0) is 16.0 Å². The van der Waals surface area contributed by atoms with Gasteiger partial charge < -0.3 is 14.0 Å². The van der Waals surface area contributed by atoms with Crippen molar-refractivity contribution >= 4 is 0 Å². The molecule has 0 N–H and O–H groups in total. The van der Waals surface area contributed by atoms with Gasteiger partial charge in [-0.15, -0.1) is 0 Å². The molecule has 2 aromatic rings. The monoisotopic (exact) mass is 329 g/mol. The lowest BCUT2D eigenvalue weighted by molar-refractivity contribution is -0.0981. The number of likely N-dealkylation sites (tertiary alicyclic amines) is 1. The van der Waals surface area contributed by atoms with Crippen molar-refractivity contribution < 1.29 is 14.0 Å². The van der Waals surface area contributed by atoms with Crippen LogP contribution in [0.5, 0.6) is 0 Å². The second kappa shape index (κ2) is 7.01. The lowest BCUT2D eigenvalue weighted by atomic mass is 9.96. The molecule has 0 atom stereocenters. The number of rotatable bonds is 4. The van der Waals surface area contributed by atoms with Crippen LogP contribution in [-0.4, -0.2) is 47.6 Å². The minimum atomic E-state index is 0.00342. The average Bonchev–Trinajstić information content (AvgIpc) is 3.28. The summed E-state index contributed by atoms with van der Waals surface area (Å²) in [5.41, 5.74) is 2.21. The molecule has 0 amide bonds. The van der Waals surface area contributed by atoms with Gasteiger partial charge in [-0.2, -0.15) is 4.98 Å². The van der Waals surface area contributed by atoms with Crippen molar-refractivity contribution in [3.8, 4) is 11.4 Å². The lowest BCUT2D eigenvalue weighted by Gasteiger charge is -2.32. The predicted molar refractivity (Wildman–Crippen MR) is 88.2 cm³/mol. The van der Waals surface area contributed by atoms with Crippen LogP contribution in [0.25, 0.3) is 11.4 Å². The molecule has 3 heterocycles. The third-order valence-electron chi connectivity index (χ3n) is 4.80. The van der Waals surface area contributed by atoms with Gasteiger partial charge in [-0.25, -0.2) is 0 Å². The molecule has 0 bridgehead atoms. The number of piperidine rings is 1. The molecule has 0 radical (unpaired) electrons. The van der Waals surface area contributed by atoms with Crippen molar-refractivity contribution in [2.24, 2.45) is 5.92 Å². The zero-order valence-corrected chi connectivity index (χ0v) is 14.0. The summed E-state index contributed by atoms with van der Waals surface area (Å²) < 4.78 is 16.7. The van der Waals surface area contributed by atoms with E-state index in [1.807, 2.05) is 12.1 Å². The summed E-state index contributed by atoms with van der Waals surface area (Å²) in [5.74, 6) is 1.85. The molecule has 2 aliphatic heterocycles. The number of nitrogens with zero attached hydrogens (tertiary/aromatic N) is 3. The Balaban J connectivity index is 1.32. The van der Waals surface area contributed by atoms with Crippen molar-refractivity contribution in [3.63, 3.8) is 0 Å². The maximum absolute atomic E-state index is 5.63. The van der Waals surface area contributed by atoms with Gasteiger partial charge in [0.1, 0.15) is 0 Å². The Morgan fingerprint density at radius 3 is 2.50 bits per heavy atom. The Morgan fingerprint density at radius 1 is 1.08 bits per heavy atom. The van der Waals surface area contributed by atoms with Crippen LogP contribution >= 0.6 is 0 Å². The SMILES string of the molecule is Cc1ccc(-c2noc(CN3CCC(C4OCCO4)CC3)n2)cc1. The highest BCUT2D eigenvalue weighted by Crippen LogP contribution is 2.26. The molecule has 6 heteroatoms. The van der Waals surface area contributed by atoms with Gasteiger partial charge >= 0.3 is 0 Å². The summed E-state index contributed by atoms with van der Waals surface area (Å²) in [5, 5.41) is 4.11. The molecule has 0 saturated carbocycles. The highest BCUT2D eigenvalue weighted by molar-refractivity contribution is 5.54.